The molecule has 0 aromatic carbocycles. The average Bonchev–Trinajstić information content (AvgIpc) is 4.03. The van der Waals surface area contributed by atoms with Crippen LogP contribution in [0.4, 0.5) is 0 Å². The Morgan fingerprint density at radius 2 is 1.94 bits per heavy atom. The molecular weight excluding hydrogens is 678 g/mol. The summed E-state index contributed by atoms with van der Waals surface area (Å²) in [6.07, 6.45) is 9.65. The van der Waals surface area contributed by atoms with Crippen molar-refractivity contribution in [3.8, 4) is 11.6 Å². The van der Waals surface area contributed by atoms with E-state index in [0.717, 1.165) is 6.42 Å². The van der Waals surface area contributed by atoms with Crippen molar-refractivity contribution in [3.05, 3.63) is 48.4 Å². The number of nitrogens with one attached hydrogen (secondary N) is 3. The Balaban J connectivity index is 1.21. The summed E-state index contributed by atoms with van der Waals surface area (Å²) >= 11 is 0. The second-order valence-corrected chi connectivity index (χ2v) is 17.2. The van der Waals surface area contributed by atoms with Crippen LogP contribution in [0.2, 0.25) is 0 Å². The van der Waals surface area contributed by atoms with E-state index in [2.05, 4.69) is 25.4 Å². The molecule has 15 nitrogen and oxygen atoms in total. The van der Waals surface area contributed by atoms with Crippen molar-refractivity contribution in [1.29, 1.82) is 0 Å². The zero-order chi connectivity index (χ0) is 36.3. The molecule has 274 valence electrons. The lowest BCUT2D eigenvalue weighted by Crippen LogP contribution is -2.63. The fraction of sp³-hybridized carbons (Fsp3) is 0.600. The zero-order valence-corrected chi connectivity index (χ0v) is 30.1. The number of nitrogens with zero attached hydrogens (tertiary/aromatic N) is 4. The summed E-state index contributed by atoms with van der Waals surface area (Å²) in [6.45, 7) is 5.56. The second kappa shape index (κ2) is 12.6. The molecular formula is C35H45N7O8S. The Morgan fingerprint density at radius 3 is 2.65 bits per heavy atom. The fourth-order valence-electron chi connectivity index (χ4n) is 7.59. The number of carbonyl (C=O) groups is 4. The molecule has 4 amide bonds. The van der Waals surface area contributed by atoms with Crippen LogP contribution in [0.15, 0.2) is 42.7 Å². The normalized spacial score (nSPS) is 32.3. The summed E-state index contributed by atoms with van der Waals surface area (Å²) < 4.78 is 40.8. The lowest BCUT2D eigenvalue weighted by Gasteiger charge is -2.36. The number of carbonyl (C=O) groups excluding carboxylic acids is 4. The van der Waals surface area contributed by atoms with Gasteiger partial charge in [-0.05, 0) is 83.3 Å². The van der Waals surface area contributed by atoms with Gasteiger partial charge in [0.25, 0.3) is 11.8 Å². The number of allylic oxidation sites excluding steroid dienone is 1. The molecule has 3 aliphatic carbocycles. The van der Waals surface area contributed by atoms with Crippen LogP contribution in [0.5, 0.6) is 11.6 Å². The van der Waals surface area contributed by atoms with Gasteiger partial charge in [0.2, 0.25) is 27.7 Å². The van der Waals surface area contributed by atoms with Crippen LogP contribution >= 0.6 is 0 Å². The number of pyridine rings is 1. The van der Waals surface area contributed by atoms with E-state index in [1.165, 1.54) is 9.58 Å². The Labute approximate surface area is 296 Å². The Hall–Kier alpha value is -4.47. The van der Waals surface area contributed by atoms with E-state index >= 15 is 0 Å². The summed E-state index contributed by atoms with van der Waals surface area (Å²) in [6, 6.07) is 3.77. The van der Waals surface area contributed by atoms with E-state index in [9.17, 15) is 27.6 Å². The molecule has 1 saturated heterocycles. The topological polar surface area (TPSA) is 191 Å². The Kier molecular flexibility index (Phi) is 8.66. The van der Waals surface area contributed by atoms with E-state index < -0.39 is 67.5 Å². The third-order valence-electron chi connectivity index (χ3n) is 11.2. The van der Waals surface area contributed by atoms with Gasteiger partial charge in [0.05, 0.1) is 17.9 Å². The van der Waals surface area contributed by atoms with E-state index in [4.69, 9.17) is 9.47 Å². The van der Waals surface area contributed by atoms with Crippen LogP contribution in [0.3, 0.4) is 0 Å². The lowest BCUT2D eigenvalue weighted by molar-refractivity contribution is -0.144. The zero-order valence-electron chi connectivity index (χ0n) is 29.3. The first kappa shape index (κ1) is 35.0. The molecule has 5 aliphatic rings. The van der Waals surface area contributed by atoms with Gasteiger partial charge in [0.15, 0.2) is 0 Å². The second-order valence-electron chi connectivity index (χ2n) is 15.0. The first-order valence-electron chi connectivity index (χ1n) is 17.6. The van der Waals surface area contributed by atoms with Crippen molar-refractivity contribution in [2.24, 2.45) is 24.8 Å². The van der Waals surface area contributed by atoms with Gasteiger partial charge in [0, 0.05) is 37.8 Å². The number of fused-ring (bicyclic) bond motifs is 3. The van der Waals surface area contributed by atoms with Gasteiger partial charge >= 0.3 is 0 Å². The van der Waals surface area contributed by atoms with Crippen LogP contribution in [-0.4, -0.2) is 92.8 Å². The Morgan fingerprint density at radius 1 is 1.16 bits per heavy atom. The minimum atomic E-state index is -3.97. The van der Waals surface area contributed by atoms with Gasteiger partial charge in [-0.25, -0.2) is 13.4 Å². The number of hydrogen-bond acceptors (Lipinski definition) is 10. The third-order valence-corrected chi connectivity index (χ3v) is 13.4. The molecule has 16 heteroatoms. The molecule has 7 unspecified atom stereocenters. The summed E-state index contributed by atoms with van der Waals surface area (Å²) in [7, 11) is -2.28. The van der Waals surface area contributed by atoms with Crippen molar-refractivity contribution >= 4 is 33.7 Å². The van der Waals surface area contributed by atoms with Crippen LogP contribution < -0.4 is 24.8 Å². The average molecular weight is 724 g/mol. The maximum absolute atomic E-state index is 14.9. The predicted molar refractivity (Wildman–Crippen MR) is 183 cm³/mol. The summed E-state index contributed by atoms with van der Waals surface area (Å²) in [5, 5.41) is 10.1. The number of amides is 4. The molecule has 0 spiro atoms. The van der Waals surface area contributed by atoms with Gasteiger partial charge in [-0.1, -0.05) is 12.2 Å². The highest BCUT2D eigenvalue weighted by molar-refractivity contribution is 7.91. The van der Waals surface area contributed by atoms with Gasteiger partial charge in [0.1, 0.15) is 34.7 Å². The molecule has 4 fully saturated rings. The fourth-order valence-corrected chi connectivity index (χ4v) is 8.90. The molecule has 7 rings (SSSR count). The van der Waals surface area contributed by atoms with Crippen molar-refractivity contribution < 1.29 is 37.1 Å². The monoisotopic (exact) mass is 723 g/mol. The van der Waals surface area contributed by atoms with Crippen molar-refractivity contribution in [1.82, 2.24) is 35.0 Å². The van der Waals surface area contributed by atoms with Crippen LogP contribution in [0.25, 0.3) is 0 Å². The van der Waals surface area contributed by atoms with Gasteiger partial charge in [-0.2, -0.15) is 5.10 Å². The summed E-state index contributed by atoms with van der Waals surface area (Å²) in [5.74, 6) is -2.03. The molecule has 3 saturated carbocycles. The molecule has 0 radical (unpaired) electrons. The van der Waals surface area contributed by atoms with E-state index in [1.54, 1.807) is 51.5 Å². The van der Waals surface area contributed by atoms with Crippen LogP contribution in [0.1, 0.15) is 76.2 Å². The molecule has 7 atom stereocenters. The van der Waals surface area contributed by atoms with Gasteiger partial charge in [-0.3, -0.25) is 28.6 Å². The van der Waals surface area contributed by atoms with Crippen molar-refractivity contribution in [3.63, 3.8) is 0 Å². The standard InChI is InChI=1S/C35H45N7O8S/c1-5-49-28-18-23(10-14-36-28)50-24-17-27-30(44)38-35(31(45)40-51(47,48)33(2)12-13-33)19-22(35)9-7-6-8-21-16-25(21)34(3,32(46)42(27)20-24)37-29(43)26-11-15-41(4)39-26/h7,9-11,14-15,18,21-22,24-25,27H,5-6,8,12-13,16-17,19-20H2,1-4H3,(H,37,43)(H,38,44)(H,40,45). The quantitative estimate of drug-likeness (QED) is 0.321. The Bertz CT molecular complexity index is 1890. The molecule has 51 heavy (non-hydrogen) atoms. The van der Waals surface area contributed by atoms with Crippen molar-refractivity contribution in [2.75, 3.05) is 13.2 Å². The first-order valence-corrected chi connectivity index (χ1v) is 19.1. The third kappa shape index (κ3) is 6.58. The molecule has 2 aromatic heterocycles. The molecule has 0 bridgehead atoms. The van der Waals surface area contributed by atoms with Gasteiger partial charge < -0.3 is 25.0 Å². The highest BCUT2D eigenvalue weighted by Gasteiger charge is 2.64. The van der Waals surface area contributed by atoms with E-state index in [0.29, 0.717) is 43.9 Å². The minimum absolute atomic E-state index is 0.0188. The molecule has 2 aliphatic heterocycles. The predicted octanol–water partition coefficient (Wildman–Crippen LogP) is 1.61. The highest BCUT2D eigenvalue weighted by atomic mass is 32.2. The largest absolute Gasteiger partial charge is 0.488 e. The first-order chi connectivity index (χ1) is 24.2. The number of aromatic nitrogens is 3. The van der Waals surface area contributed by atoms with Crippen LogP contribution in [-0.2, 0) is 31.5 Å². The highest BCUT2D eigenvalue weighted by Crippen LogP contribution is 2.51. The number of sulfonamides is 1. The van der Waals surface area contributed by atoms with E-state index in [-0.39, 0.29) is 36.9 Å². The van der Waals surface area contributed by atoms with E-state index in [1.807, 2.05) is 19.1 Å². The summed E-state index contributed by atoms with van der Waals surface area (Å²) in [5.41, 5.74) is -2.72. The number of aryl methyl sites for hydroxylation is 1. The van der Waals surface area contributed by atoms with Crippen molar-refractivity contribution in [2.45, 2.75) is 93.7 Å². The lowest BCUT2D eigenvalue weighted by atomic mass is 9.90. The molecule has 4 heterocycles. The minimum Gasteiger partial charge on any atom is -0.488 e. The number of rotatable bonds is 9. The SMILES string of the molecule is CCOc1cc(OC2CC3C(=O)NC4(C(=O)NS(=O)(=O)C5(C)CC5)CC4C=CCCC4CC4C(C)(NC(=O)c4ccn(C)n4)C(=O)N3C2)ccn1. The maximum Gasteiger partial charge on any atom is 0.272 e. The van der Waals surface area contributed by atoms with Crippen LogP contribution in [0, 0.1) is 17.8 Å². The number of hydrogen-bond donors (Lipinski definition) is 3. The maximum atomic E-state index is 14.9. The van der Waals surface area contributed by atoms with Gasteiger partial charge in [-0.15, -0.1) is 0 Å². The number of ether oxygens (including phenoxy) is 2. The molecule has 3 N–H and O–H groups in total. The summed E-state index contributed by atoms with van der Waals surface area (Å²) in [4.78, 5) is 62.2. The smallest absolute Gasteiger partial charge is 0.272 e. The molecule has 2 aromatic rings.